The molecule has 4 heteroatoms. The fraction of sp³-hybridized carbons (Fsp3) is 0.353. The Bertz CT molecular complexity index is 703. The van der Waals surface area contributed by atoms with E-state index in [1.54, 1.807) is 11.3 Å². The molecule has 0 spiro atoms. The Kier molecular flexibility index (Phi) is 4.36. The molecule has 0 saturated heterocycles. The Morgan fingerprint density at radius 1 is 1.24 bits per heavy atom. The highest BCUT2D eigenvalue weighted by Crippen LogP contribution is 2.17. The van der Waals surface area contributed by atoms with E-state index in [0.717, 1.165) is 36.1 Å². The van der Waals surface area contributed by atoms with E-state index in [1.165, 1.54) is 4.88 Å². The average molecular weight is 300 g/mol. The van der Waals surface area contributed by atoms with Crippen LogP contribution < -0.4 is 0 Å². The highest BCUT2D eigenvalue weighted by molar-refractivity contribution is 7.09. The van der Waals surface area contributed by atoms with Crippen molar-refractivity contribution in [3.63, 3.8) is 0 Å². The zero-order chi connectivity index (χ0) is 14.7. The van der Waals surface area contributed by atoms with Crippen molar-refractivity contribution in [2.45, 2.75) is 31.8 Å². The lowest BCUT2D eigenvalue weighted by atomic mass is 10.1. The molecule has 110 valence electrons. The summed E-state index contributed by atoms with van der Waals surface area (Å²) in [6.45, 7) is 0. The molecule has 0 fully saturated rings. The van der Waals surface area contributed by atoms with Crippen molar-refractivity contribution in [1.29, 1.82) is 0 Å². The first-order valence-electron chi connectivity index (χ1n) is 7.35. The zero-order valence-corrected chi connectivity index (χ0v) is 13.0. The Hall–Kier alpha value is -1.65. The smallest absolute Gasteiger partial charge is 0.112 e. The van der Waals surface area contributed by atoms with Crippen LogP contribution >= 0.6 is 11.3 Å². The molecule has 3 aromatic rings. The second-order valence-electron chi connectivity index (χ2n) is 5.41. The minimum Gasteiger partial charge on any atom is -0.393 e. The van der Waals surface area contributed by atoms with Crippen LogP contribution in [-0.4, -0.2) is 20.8 Å². The van der Waals surface area contributed by atoms with E-state index >= 15 is 0 Å². The maximum atomic E-state index is 10.2. The van der Waals surface area contributed by atoms with Crippen LogP contribution in [0.3, 0.4) is 0 Å². The van der Waals surface area contributed by atoms with Crippen molar-refractivity contribution < 1.29 is 5.11 Å². The quantitative estimate of drug-likeness (QED) is 0.756. The van der Waals surface area contributed by atoms with Crippen molar-refractivity contribution in [2.24, 2.45) is 7.05 Å². The monoisotopic (exact) mass is 300 g/mol. The highest BCUT2D eigenvalue weighted by atomic mass is 32.1. The largest absolute Gasteiger partial charge is 0.393 e. The van der Waals surface area contributed by atoms with Gasteiger partial charge in [-0.1, -0.05) is 18.2 Å². The van der Waals surface area contributed by atoms with E-state index in [4.69, 9.17) is 0 Å². The molecule has 0 aliphatic heterocycles. The van der Waals surface area contributed by atoms with E-state index in [-0.39, 0.29) is 6.10 Å². The van der Waals surface area contributed by atoms with Gasteiger partial charge in [0.15, 0.2) is 0 Å². The van der Waals surface area contributed by atoms with Crippen LogP contribution in [0.4, 0.5) is 0 Å². The van der Waals surface area contributed by atoms with E-state index in [1.807, 2.05) is 25.2 Å². The van der Waals surface area contributed by atoms with Crippen molar-refractivity contribution in [2.75, 3.05) is 0 Å². The summed E-state index contributed by atoms with van der Waals surface area (Å²) in [5, 5.41) is 12.3. The van der Waals surface area contributed by atoms with Gasteiger partial charge in [-0.3, -0.25) is 0 Å². The number of benzene rings is 1. The molecule has 3 rings (SSSR count). The number of imidazole rings is 1. The van der Waals surface area contributed by atoms with E-state index < -0.39 is 0 Å². The fourth-order valence-electron chi connectivity index (χ4n) is 2.66. The Labute approximate surface area is 128 Å². The number of aliphatic hydroxyl groups is 1. The van der Waals surface area contributed by atoms with E-state index in [9.17, 15) is 5.11 Å². The summed E-state index contributed by atoms with van der Waals surface area (Å²) in [7, 11) is 2.02. The van der Waals surface area contributed by atoms with Gasteiger partial charge in [-0.05, 0) is 42.8 Å². The van der Waals surface area contributed by atoms with Crippen LogP contribution in [0.1, 0.15) is 23.5 Å². The predicted molar refractivity (Wildman–Crippen MR) is 87.7 cm³/mol. The second kappa shape index (κ2) is 6.41. The van der Waals surface area contributed by atoms with Gasteiger partial charge >= 0.3 is 0 Å². The number of para-hydroxylation sites is 2. The third kappa shape index (κ3) is 3.34. The molecule has 2 aromatic heterocycles. The molecule has 1 unspecified atom stereocenters. The zero-order valence-electron chi connectivity index (χ0n) is 12.2. The van der Waals surface area contributed by atoms with Crippen LogP contribution in [-0.2, 0) is 19.9 Å². The first-order valence-corrected chi connectivity index (χ1v) is 8.23. The normalized spacial score (nSPS) is 12.9. The number of rotatable bonds is 6. The molecular weight excluding hydrogens is 280 g/mol. The first kappa shape index (κ1) is 14.3. The molecule has 2 heterocycles. The van der Waals surface area contributed by atoms with Gasteiger partial charge < -0.3 is 9.67 Å². The van der Waals surface area contributed by atoms with Gasteiger partial charge in [0.05, 0.1) is 17.1 Å². The third-order valence-electron chi connectivity index (χ3n) is 3.84. The van der Waals surface area contributed by atoms with Gasteiger partial charge in [0.2, 0.25) is 0 Å². The van der Waals surface area contributed by atoms with Crippen LogP contribution in [0, 0.1) is 0 Å². The first-order chi connectivity index (χ1) is 10.2. The molecule has 1 N–H and O–H groups in total. The minimum absolute atomic E-state index is 0.319. The molecule has 0 radical (unpaired) electrons. The summed E-state index contributed by atoms with van der Waals surface area (Å²) in [6, 6.07) is 12.3. The van der Waals surface area contributed by atoms with Gasteiger partial charge in [-0.25, -0.2) is 4.98 Å². The number of aryl methyl sites for hydroxylation is 2. The highest BCUT2D eigenvalue weighted by Gasteiger charge is 2.12. The topological polar surface area (TPSA) is 38.0 Å². The fourth-order valence-corrected chi connectivity index (χ4v) is 3.41. The van der Waals surface area contributed by atoms with Crippen LogP contribution in [0.15, 0.2) is 41.8 Å². The van der Waals surface area contributed by atoms with E-state index in [2.05, 4.69) is 33.1 Å². The number of aromatic nitrogens is 2. The molecule has 0 bridgehead atoms. The van der Waals surface area contributed by atoms with Gasteiger partial charge in [0, 0.05) is 18.3 Å². The van der Waals surface area contributed by atoms with Crippen molar-refractivity contribution >= 4 is 22.4 Å². The summed E-state index contributed by atoms with van der Waals surface area (Å²) < 4.78 is 2.08. The SMILES string of the molecule is Cn1c(CC(O)CCCc2cccs2)nc2ccccc21. The standard InChI is InChI=1S/C17H20N2OS/c1-19-16-10-3-2-9-15(16)18-17(19)12-13(20)6-4-7-14-8-5-11-21-14/h2-3,5,8-11,13,20H,4,6-7,12H2,1H3. The maximum Gasteiger partial charge on any atom is 0.112 e. The molecule has 0 amide bonds. The number of hydrogen-bond acceptors (Lipinski definition) is 3. The van der Waals surface area contributed by atoms with Gasteiger partial charge in [0.25, 0.3) is 0 Å². The minimum atomic E-state index is -0.319. The molecule has 0 aliphatic carbocycles. The van der Waals surface area contributed by atoms with Crippen LogP contribution in [0.5, 0.6) is 0 Å². The third-order valence-corrected chi connectivity index (χ3v) is 4.77. The van der Waals surface area contributed by atoms with Gasteiger partial charge in [0.1, 0.15) is 5.82 Å². The van der Waals surface area contributed by atoms with Gasteiger partial charge in [-0.2, -0.15) is 0 Å². The molecule has 21 heavy (non-hydrogen) atoms. The van der Waals surface area contributed by atoms with Gasteiger partial charge in [-0.15, -0.1) is 11.3 Å². The summed E-state index contributed by atoms with van der Waals surface area (Å²) in [5.41, 5.74) is 2.12. The number of hydrogen-bond donors (Lipinski definition) is 1. The maximum absolute atomic E-state index is 10.2. The Morgan fingerprint density at radius 2 is 2.10 bits per heavy atom. The molecule has 0 aliphatic rings. The molecular formula is C17H20N2OS. The molecule has 1 aromatic carbocycles. The Morgan fingerprint density at radius 3 is 2.86 bits per heavy atom. The predicted octanol–water partition coefficient (Wildman–Crippen LogP) is 3.56. The van der Waals surface area contributed by atoms with E-state index in [0.29, 0.717) is 6.42 Å². The van der Waals surface area contributed by atoms with Crippen molar-refractivity contribution in [1.82, 2.24) is 9.55 Å². The number of nitrogens with zero attached hydrogens (tertiary/aromatic N) is 2. The van der Waals surface area contributed by atoms with Crippen molar-refractivity contribution in [3.8, 4) is 0 Å². The summed E-state index contributed by atoms with van der Waals surface area (Å²) in [4.78, 5) is 6.01. The van der Waals surface area contributed by atoms with Crippen molar-refractivity contribution in [3.05, 3.63) is 52.5 Å². The Balaban J connectivity index is 1.58. The van der Waals surface area contributed by atoms with Crippen LogP contribution in [0.2, 0.25) is 0 Å². The molecule has 0 saturated carbocycles. The number of fused-ring (bicyclic) bond motifs is 1. The lowest BCUT2D eigenvalue weighted by Crippen LogP contribution is -2.14. The summed E-state index contributed by atoms with van der Waals surface area (Å²) in [6.07, 6.45) is 3.19. The summed E-state index contributed by atoms with van der Waals surface area (Å²) in [5.74, 6) is 0.958. The lowest BCUT2D eigenvalue weighted by Gasteiger charge is -2.10. The average Bonchev–Trinajstić information content (AvgIpc) is 3.09. The molecule has 1 atom stereocenters. The second-order valence-corrected chi connectivity index (χ2v) is 6.44. The molecule has 3 nitrogen and oxygen atoms in total. The van der Waals surface area contributed by atoms with Crippen LogP contribution in [0.25, 0.3) is 11.0 Å². The number of thiophene rings is 1. The lowest BCUT2D eigenvalue weighted by molar-refractivity contribution is 0.159. The summed E-state index contributed by atoms with van der Waals surface area (Å²) >= 11 is 1.79. The number of aliphatic hydroxyl groups excluding tert-OH is 1.